The maximum atomic E-state index is 13.3. The smallest absolute Gasteiger partial charge is 0.266 e. The third-order valence-electron chi connectivity index (χ3n) is 5.05. The van der Waals surface area contributed by atoms with Crippen LogP contribution < -0.4 is 5.56 Å². The molecule has 4 rings (SSSR count). The minimum Gasteiger partial charge on any atom is -0.282 e. The first-order valence-corrected chi connectivity index (χ1v) is 10.5. The first-order chi connectivity index (χ1) is 14.0. The second-order valence-corrected chi connectivity index (χ2v) is 8.12. The van der Waals surface area contributed by atoms with Crippen molar-refractivity contribution in [2.45, 2.75) is 31.8 Å². The molecule has 6 nitrogen and oxygen atoms in total. The fourth-order valence-electron chi connectivity index (χ4n) is 3.50. The highest BCUT2D eigenvalue weighted by molar-refractivity contribution is 7.99. The number of para-hydroxylation sites is 1. The van der Waals surface area contributed by atoms with Crippen LogP contribution in [-0.2, 0) is 9.59 Å². The average molecular weight is 407 g/mol. The van der Waals surface area contributed by atoms with Crippen molar-refractivity contribution < 1.29 is 9.59 Å². The quantitative estimate of drug-likeness (QED) is 0.490. The van der Waals surface area contributed by atoms with Gasteiger partial charge in [0.25, 0.3) is 5.56 Å². The van der Waals surface area contributed by atoms with Crippen LogP contribution in [0, 0.1) is 13.8 Å². The Balaban J connectivity index is 1.79. The molecule has 1 aliphatic rings. The molecule has 3 aromatic rings. The number of hydrogen-bond donors (Lipinski definition) is 0. The summed E-state index contributed by atoms with van der Waals surface area (Å²) in [5.74, 6) is -0.317. The fourth-order valence-corrected chi connectivity index (χ4v) is 4.38. The molecule has 1 saturated heterocycles. The topological polar surface area (TPSA) is 72.3 Å². The molecule has 1 fully saturated rings. The molecule has 2 aromatic carbocycles. The van der Waals surface area contributed by atoms with Gasteiger partial charge in [-0.25, -0.2) is 4.98 Å². The average Bonchev–Trinajstić information content (AvgIpc) is 3.14. The first kappa shape index (κ1) is 19.4. The van der Waals surface area contributed by atoms with Gasteiger partial charge in [-0.3, -0.25) is 23.9 Å². The minimum absolute atomic E-state index is 0.0569. The summed E-state index contributed by atoms with van der Waals surface area (Å²) in [6.45, 7) is 4.38. The number of rotatable bonds is 4. The molecule has 7 heteroatoms. The van der Waals surface area contributed by atoms with E-state index in [2.05, 4.69) is 4.98 Å². The largest absolute Gasteiger partial charge is 0.282 e. The highest BCUT2D eigenvalue weighted by atomic mass is 32.2. The number of carbonyl (C=O) groups excluding carboxylic acids is 2. The van der Waals surface area contributed by atoms with Crippen molar-refractivity contribution in [3.8, 4) is 5.69 Å². The van der Waals surface area contributed by atoms with E-state index < -0.39 is 0 Å². The maximum Gasteiger partial charge on any atom is 0.266 e. The van der Waals surface area contributed by atoms with Gasteiger partial charge in [0, 0.05) is 13.0 Å². The summed E-state index contributed by atoms with van der Waals surface area (Å²) in [6, 6.07) is 13.1. The number of fused-ring (bicyclic) bond motifs is 1. The highest BCUT2D eigenvalue weighted by Gasteiger charge is 2.27. The van der Waals surface area contributed by atoms with Crippen LogP contribution in [0.15, 0.2) is 52.4 Å². The first-order valence-electron chi connectivity index (χ1n) is 9.51. The maximum absolute atomic E-state index is 13.3. The van der Waals surface area contributed by atoms with Gasteiger partial charge in [0.05, 0.1) is 22.3 Å². The summed E-state index contributed by atoms with van der Waals surface area (Å²) in [6.07, 6.45) is 1.12. The number of hydrogen-bond acceptors (Lipinski definition) is 5. The van der Waals surface area contributed by atoms with Gasteiger partial charge in [-0.15, -0.1) is 0 Å². The van der Waals surface area contributed by atoms with Gasteiger partial charge < -0.3 is 0 Å². The zero-order valence-electron chi connectivity index (χ0n) is 16.3. The van der Waals surface area contributed by atoms with Crippen LogP contribution in [0.3, 0.4) is 0 Å². The zero-order chi connectivity index (χ0) is 20.5. The Hall–Kier alpha value is -2.93. The lowest BCUT2D eigenvalue weighted by Gasteiger charge is -2.17. The van der Waals surface area contributed by atoms with Crippen LogP contribution in [-0.4, -0.2) is 38.6 Å². The third-order valence-corrected chi connectivity index (χ3v) is 5.97. The Morgan fingerprint density at radius 1 is 1.14 bits per heavy atom. The molecule has 2 amide bonds. The highest BCUT2D eigenvalue weighted by Crippen LogP contribution is 2.24. The molecule has 29 heavy (non-hydrogen) atoms. The number of aryl methyl sites for hydroxylation is 2. The number of aromatic nitrogens is 2. The van der Waals surface area contributed by atoms with E-state index >= 15 is 0 Å². The van der Waals surface area contributed by atoms with Crippen molar-refractivity contribution in [1.29, 1.82) is 0 Å². The van der Waals surface area contributed by atoms with E-state index in [-0.39, 0.29) is 23.1 Å². The lowest BCUT2D eigenvalue weighted by Crippen LogP contribution is -2.33. The lowest BCUT2D eigenvalue weighted by molar-refractivity contribution is -0.140. The van der Waals surface area contributed by atoms with E-state index in [0.717, 1.165) is 16.8 Å². The minimum atomic E-state index is -0.243. The van der Waals surface area contributed by atoms with E-state index in [1.165, 1.54) is 16.7 Å². The van der Waals surface area contributed by atoms with Gasteiger partial charge in [-0.2, -0.15) is 0 Å². The van der Waals surface area contributed by atoms with E-state index in [4.69, 9.17) is 0 Å². The lowest BCUT2D eigenvalue weighted by atomic mass is 10.1. The van der Waals surface area contributed by atoms with Crippen LogP contribution in [0.5, 0.6) is 0 Å². The van der Waals surface area contributed by atoms with Crippen molar-refractivity contribution in [3.05, 3.63) is 63.9 Å². The predicted molar refractivity (Wildman–Crippen MR) is 113 cm³/mol. The van der Waals surface area contributed by atoms with Crippen LogP contribution in [0.2, 0.25) is 0 Å². The monoisotopic (exact) mass is 407 g/mol. The van der Waals surface area contributed by atoms with Crippen molar-refractivity contribution >= 4 is 34.5 Å². The molecule has 0 spiro atoms. The molecule has 0 bridgehead atoms. The van der Waals surface area contributed by atoms with Gasteiger partial charge in [-0.05, 0) is 49.6 Å². The molecule has 0 aliphatic carbocycles. The summed E-state index contributed by atoms with van der Waals surface area (Å²) in [5, 5.41) is 0.973. The normalized spacial score (nSPS) is 14.0. The van der Waals surface area contributed by atoms with E-state index in [0.29, 0.717) is 35.4 Å². The fraction of sp³-hybridized carbons (Fsp3) is 0.273. The molecule has 0 radical (unpaired) electrons. The Morgan fingerprint density at radius 3 is 2.69 bits per heavy atom. The molecule has 0 saturated carbocycles. The molecule has 2 heterocycles. The van der Waals surface area contributed by atoms with E-state index in [1.807, 2.05) is 44.2 Å². The van der Waals surface area contributed by atoms with E-state index in [1.54, 1.807) is 16.7 Å². The van der Waals surface area contributed by atoms with Crippen LogP contribution in [0.25, 0.3) is 16.6 Å². The number of nitrogens with zero attached hydrogens (tertiary/aromatic N) is 3. The van der Waals surface area contributed by atoms with Gasteiger partial charge in [0.15, 0.2) is 5.16 Å². The third kappa shape index (κ3) is 3.70. The molecule has 0 atom stereocenters. The van der Waals surface area contributed by atoms with Crippen molar-refractivity contribution in [2.24, 2.45) is 0 Å². The molecule has 0 unspecified atom stereocenters. The second kappa shape index (κ2) is 7.83. The van der Waals surface area contributed by atoms with Gasteiger partial charge in [0.1, 0.15) is 0 Å². The summed E-state index contributed by atoms with van der Waals surface area (Å²) in [7, 11) is 0. The van der Waals surface area contributed by atoms with Crippen molar-refractivity contribution in [3.63, 3.8) is 0 Å². The Bertz CT molecular complexity index is 1190. The number of carbonyl (C=O) groups is 2. The Labute approximate surface area is 172 Å². The van der Waals surface area contributed by atoms with Crippen LogP contribution >= 0.6 is 11.8 Å². The van der Waals surface area contributed by atoms with E-state index in [9.17, 15) is 14.4 Å². The Kier molecular flexibility index (Phi) is 5.24. The molecule has 1 aromatic heterocycles. The summed E-state index contributed by atoms with van der Waals surface area (Å²) in [4.78, 5) is 43.7. The number of amides is 2. The summed E-state index contributed by atoms with van der Waals surface area (Å²) >= 11 is 1.19. The van der Waals surface area contributed by atoms with Crippen molar-refractivity contribution in [2.75, 3.05) is 12.3 Å². The molecular weight excluding hydrogens is 386 g/mol. The second-order valence-electron chi connectivity index (χ2n) is 7.17. The standard InChI is InChI=1S/C22H21N3O3S/c1-14-9-10-15(2)18(12-14)25-21(28)16-6-3-4-7-17(16)23-22(25)29-13-20(27)24-11-5-8-19(24)26/h3-4,6-7,9-10,12H,5,8,11,13H2,1-2H3. The number of imide groups is 1. The SMILES string of the molecule is Cc1ccc(C)c(-n2c(SCC(=O)N3CCCC3=O)nc3ccccc3c2=O)c1. The summed E-state index contributed by atoms with van der Waals surface area (Å²) < 4.78 is 1.58. The summed E-state index contributed by atoms with van der Waals surface area (Å²) in [5.41, 5.74) is 3.14. The Morgan fingerprint density at radius 2 is 1.93 bits per heavy atom. The number of thioether (sulfide) groups is 1. The van der Waals surface area contributed by atoms with Gasteiger partial charge in [0.2, 0.25) is 11.8 Å². The molecule has 0 N–H and O–H groups in total. The van der Waals surface area contributed by atoms with Gasteiger partial charge in [-0.1, -0.05) is 36.0 Å². The predicted octanol–water partition coefficient (Wildman–Crippen LogP) is 3.24. The van der Waals surface area contributed by atoms with Crippen molar-refractivity contribution in [1.82, 2.24) is 14.5 Å². The number of benzene rings is 2. The molecular formula is C22H21N3O3S. The zero-order valence-corrected chi connectivity index (χ0v) is 17.2. The number of likely N-dealkylation sites (tertiary alicyclic amines) is 1. The molecule has 1 aliphatic heterocycles. The molecule has 148 valence electrons. The van der Waals surface area contributed by atoms with Crippen LogP contribution in [0.4, 0.5) is 0 Å². The van der Waals surface area contributed by atoms with Crippen LogP contribution in [0.1, 0.15) is 24.0 Å². The van der Waals surface area contributed by atoms with Gasteiger partial charge >= 0.3 is 0 Å².